The molecule has 6 atom stereocenters. The van der Waals surface area contributed by atoms with Crippen LogP contribution >= 0.6 is 15.6 Å². The van der Waals surface area contributed by atoms with Crippen LogP contribution in [-0.2, 0) is 65.4 Å². The number of esters is 4. The van der Waals surface area contributed by atoms with Gasteiger partial charge in [-0.05, 0) is 37.5 Å². The number of unbranched alkanes of at least 4 members (excludes halogenated alkanes) is 61. The van der Waals surface area contributed by atoms with Crippen molar-refractivity contribution in [1.82, 2.24) is 0 Å². The Hall–Kier alpha value is -1.94. The molecule has 0 saturated heterocycles. The average Bonchev–Trinajstić information content (AvgIpc) is 0.898. The predicted octanol–water partition coefficient (Wildman–Crippen LogP) is 29.0. The SMILES string of the molecule is CCCCCCCCCCCCCCCCCCCCCCCC(=O)OC[C@H](COP(=O)(O)OC[C@@H](O)COP(=O)(O)OC[C@@H](COC(=O)CCCCCCCCCCC(C)CC)OC(=O)CCCCCCCCCCCCCCCCCCCC)OC(=O)CCCCCCCCCCCCCCCCCCCCC(C)C. The summed E-state index contributed by atoms with van der Waals surface area (Å²) in [7, 11) is -9.94. The first-order valence-corrected chi connectivity index (χ1v) is 51.0. The van der Waals surface area contributed by atoms with Crippen molar-refractivity contribution < 1.29 is 80.2 Å². The molecule has 0 aromatic heterocycles. The Balaban J connectivity index is 5.24. The number of carbonyl (C=O) groups is 4. The summed E-state index contributed by atoms with van der Waals surface area (Å²) < 4.78 is 69.1. The minimum atomic E-state index is -4.97. The summed E-state index contributed by atoms with van der Waals surface area (Å²) in [6.07, 6.45) is 79.3. The number of phosphoric acid groups is 2. The van der Waals surface area contributed by atoms with Crippen molar-refractivity contribution in [2.75, 3.05) is 39.6 Å². The number of hydrogen-bond donors (Lipinski definition) is 3. The largest absolute Gasteiger partial charge is 0.472 e. The van der Waals surface area contributed by atoms with Crippen LogP contribution in [0.4, 0.5) is 0 Å². The first-order valence-electron chi connectivity index (χ1n) is 48.0. The van der Waals surface area contributed by atoms with E-state index in [2.05, 4.69) is 41.5 Å². The summed E-state index contributed by atoms with van der Waals surface area (Å²) in [6.45, 7) is 9.76. The Morgan fingerprint density at radius 1 is 0.259 bits per heavy atom. The van der Waals surface area contributed by atoms with Gasteiger partial charge in [0.1, 0.15) is 19.3 Å². The van der Waals surface area contributed by atoms with Crippen LogP contribution in [0.1, 0.15) is 504 Å². The fraction of sp³-hybridized carbons (Fsp3) is 0.957. The zero-order valence-corrected chi connectivity index (χ0v) is 75.8. The molecule has 0 bridgehead atoms. The first kappa shape index (κ1) is 110. The maximum atomic E-state index is 13.2. The normalized spacial score (nSPS) is 13.9. The van der Waals surface area contributed by atoms with Crippen molar-refractivity contribution in [3.63, 3.8) is 0 Å². The maximum Gasteiger partial charge on any atom is 0.472 e. The van der Waals surface area contributed by atoms with Gasteiger partial charge >= 0.3 is 39.5 Å². The van der Waals surface area contributed by atoms with Gasteiger partial charge in [-0.25, -0.2) is 9.13 Å². The highest BCUT2D eigenvalue weighted by atomic mass is 31.2. The Morgan fingerprint density at radius 3 is 0.679 bits per heavy atom. The standard InChI is InChI=1S/C93H182O17P2/c1-7-10-12-14-16-18-20-22-24-26-28-29-30-35-38-42-46-50-57-63-69-75-90(95)103-81-88(109-92(97)77-72-66-60-52-48-44-40-36-32-31-33-37-41-45-49-55-61-67-73-85(4)5)83-107-111(99,100)105-79-87(94)80-106-112(101,102)108-84-89(82-104-91(96)76-70-64-58-54-53-56-62-68-74-86(6)9-3)110-93(98)78-71-65-59-51-47-43-39-34-27-25-23-21-19-17-15-13-11-8-2/h85-89,94H,7-84H2,1-6H3,(H,99,100)(H,101,102)/t86?,87-,88-,89-/m1/s1. The van der Waals surface area contributed by atoms with Crippen LogP contribution in [-0.4, -0.2) is 96.7 Å². The van der Waals surface area contributed by atoms with Gasteiger partial charge in [-0.2, -0.15) is 0 Å². The van der Waals surface area contributed by atoms with Crippen LogP contribution < -0.4 is 0 Å². The molecule has 3 unspecified atom stereocenters. The van der Waals surface area contributed by atoms with Gasteiger partial charge in [-0.3, -0.25) is 37.3 Å². The predicted molar refractivity (Wildman–Crippen MR) is 465 cm³/mol. The van der Waals surface area contributed by atoms with E-state index in [1.54, 1.807) is 0 Å². The molecule has 0 aliphatic rings. The lowest BCUT2D eigenvalue weighted by Crippen LogP contribution is -2.30. The summed E-state index contributed by atoms with van der Waals surface area (Å²) in [5.74, 6) is -0.496. The quantitative estimate of drug-likeness (QED) is 0.0222. The molecular formula is C93H182O17P2. The smallest absolute Gasteiger partial charge is 0.462 e. The van der Waals surface area contributed by atoms with Crippen molar-refractivity contribution in [2.45, 2.75) is 522 Å². The van der Waals surface area contributed by atoms with E-state index in [9.17, 15) is 43.2 Å². The Kier molecular flexibility index (Phi) is 82.6. The first-order chi connectivity index (χ1) is 54.4. The van der Waals surface area contributed by atoms with Crippen molar-refractivity contribution in [1.29, 1.82) is 0 Å². The van der Waals surface area contributed by atoms with E-state index in [1.165, 1.54) is 321 Å². The maximum absolute atomic E-state index is 13.2. The van der Waals surface area contributed by atoms with Gasteiger partial charge < -0.3 is 33.8 Å². The number of aliphatic hydroxyl groups excluding tert-OH is 1. The molecule has 0 spiro atoms. The molecule has 0 aromatic rings. The second-order valence-corrected chi connectivity index (χ2v) is 37.0. The number of hydrogen-bond acceptors (Lipinski definition) is 15. The third kappa shape index (κ3) is 84.5. The molecule has 0 aliphatic heterocycles. The van der Waals surface area contributed by atoms with Crippen LogP contribution in [0.3, 0.4) is 0 Å². The van der Waals surface area contributed by atoms with Gasteiger partial charge in [0, 0.05) is 25.7 Å². The van der Waals surface area contributed by atoms with E-state index in [4.69, 9.17) is 37.0 Å². The average molecular weight is 1630 g/mol. The molecule has 0 fully saturated rings. The molecule has 0 rings (SSSR count). The molecule has 666 valence electrons. The third-order valence-electron chi connectivity index (χ3n) is 22.3. The zero-order valence-electron chi connectivity index (χ0n) is 74.0. The number of aliphatic hydroxyl groups is 1. The van der Waals surface area contributed by atoms with Gasteiger partial charge in [-0.1, -0.05) is 452 Å². The lowest BCUT2D eigenvalue weighted by atomic mass is 9.99. The van der Waals surface area contributed by atoms with Crippen LogP contribution in [0.25, 0.3) is 0 Å². The topological polar surface area (TPSA) is 237 Å². The van der Waals surface area contributed by atoms with E-state index >= 15 is 0 Å². The lowest BCUT2D eigenvalue weighted by Gasteiger charge is -2.21. The Labute approximate surface area is 689 Å². The third-order valence-corrected chi connectivity index (χ3v) is 24.2. The van der Waals surface area contributed by atoms with E-state index < -0.39 is 97.5 Å². The van der Waals surface area contributed by atoms with Crippen LogP contribution in [0.5, 0.6) is 0 Å². The fourth-order valence-corrected chi connectivity index (χ4v) is 16.2. The number of ether oxygens (including phenoxy) is 4. The van der Waals surface area contributed by atoms with Gasteiger partial charge in [0.15, 0.2) is 12.2 Å². The summed E-state index contributed by atoms with van der Waals surface area (Å²) in [5, 5.41) is 10.7. The van der Waals surface area contributed by atoms with Crippen LogP contribution in [0.15, 0.2) is 0 Å². The molecular weight excluding hydrogens is 1450 g/mol. The molecule has 112 heavy (non-hydrogen) atoms. The van der Waals surface area contributed by atoms with E-state index in [0.29, 0.717) is 25.7 Å². The highest BCUT2D eigenvalue weighted by Gasteiger charge is 2.31. The van der Waals surface area contributed by atoms with Crippen molar-refractivity contribution >= 4 is 39.5 Å². The monoisotopic (exact) mass is 1630 g/mol. The molecule has 0 aromatic carbocycles. The lowest BCUT2D eigenvalue weighted by molar-refractivity contribution is -0.161. The highest BCUT2D eigenvalue weighted by molar-refractivity contribution is 7.47. The molecule has 0 radical (unpaired) electrons. The van der Waals surface area contributed by atoms with Crippen molar-refractivity contribution in [3.8, 4) is 0 Å². The summed E-state index contributed by atoms with van der Waals surface area (Å²) >= 11 is 0. The Bertz CT molecular complexity index is 2130. The molecule has 19 heteroatoms. The minimum Gasteiger partial charge on any atom is -0.462 e. The van der Waals surface area contributed by atoms with E-state index in [0.717, 1.165) is 102 Å². The number of phosphoric ester groups is 2. The van der Waals surface area contributed by atoms with Crippen molar-refractivity contribution in [2.24, 2.45) is 11.8 Å². The fourth-order valence-electron chi connectivity index (χ4n) is 14.6. The van der Waals surface area contributed by atoms with Crippen molar-refractivity contribution in [3.05, 3.63) is 0 Å². The zero-order chi connectivity index (χ0) is 82.0. The number of carbonyl (C=O) groups excluding carboxylic acids is 4. The number of rotatable bonds is 92. The highest BCUT2D eigenvalue weighted by Crippen LogP contribution is 2.45. The van der Waals surface area contributed by atoms with Gasteiger partial charge in [0.2, 0.25) is 0 Å². The second kappa shape index (κ2) is 84.1. The van der Waals surface area contributed by atoms with Crippen LogP contribution in [0, 0.1) is 11.8 Å². The summed E-state index contributed by atoms with van der Waals surface area (Å²) in [6, 6.07) is 0. The van der Waals surface area contributed by atoms with Gasteiger partial charge in [0.25, 0.3) is 0 Å². The second-order valence-electron chi connectivity index (χ2n) is 34.1. The molecule has 3 N–H and O–H groups in total. The van der Waals surface area contributed by atoms with E-state index in [-0.39, 0.29) is 25.7 Å². The minimum absolute atomic E-state index is 0.109. The van der Waals surface area contributed by atoms with Gasteiger partial charge in [-0.15, -0.1) is 0 Å². The Morgan fingerprint density at radius 2 is 0.455 bits per heavy atom. The van der Waals surface area contributed by atoms with E-state index in [1.807, 2.05) is 0 Å². The molecule has 0 saturated carbocycles. The molecule has 0 amide bonds. The molecule has 0 aliphatic carbocycles. The summed E-state index contributed by atoms with van der Waals surface area (Å²) in [5.41, 5.74) is 0. The van der Waals surface area contributed by atoms with Gasteiger partial charge in [0.05, 0.1) is 26.4 Å². The molecule has 0 heterocycles. The van der Waals surface area contributed by atoms with Crippen LogP contribution in [0.2, 0.25) is 0 Å². The summed E-state index contributed by atoms with van der Waals surface area (Å²) in [4.78, 5) is 73.5. The molecule has 17 nitrogen and oxygen atoms in total.